The molecule has 9 heteroatoms. The SMILES string of the molecule is C[C@@H]1CCCN(Cc2ccc(C(=O)NCCOc3ccc(S(=O)(=O)N4CCOCC4)cc3)cc2)C1. The largest absolute Gasteiger partial charge is 0.492 e. The van der Waals surface area contributed by atoms with Crippen LogP contribution < -0.4 is 10.1 Å². The standard InChI is InChI=1S/C26H35N3O5S/c1-21-3-2-13-28(19-21)20-22-4-6-23(7-5-22)26(30)27-12-16-34-24-8-10-25(11-9-24)35(31,32)29-14-17-33-18-15-29/h4-11,21H,2-3,12-20H2,1H3,(H,27,30)/t21-/m1/s1. The molecule has 2 aromatic carbocycles. The van der Waals surface area contributed by atoms with Crippen molar-refractivity contribution in [1.82, 2.24) is 14.5 Å². The first-order chi connectivity index (χ1) is 16.9. The molecule has 190 valence electrons. The van der Waals surface area contributed by atoms with Crippen LogP contribution in [0.3, 0.4) is 0 Å². The summed E-state index contributed by atoms with van der Waals surface area (Å²) < 4.78 is 37.7. The molecule has 0 radical (unpaired) electrons. The van der Waals surface area contributed by atoms with Gasteiger partial charge in [0.25, 0.3) is 5.91 Å². The number of benzene rings is 2. The third kappa shape index (κ3) is 7.04. The van der Waals surface area contributed by atoms with E-state index in [-0.39, 0.29) is 17.4 Å². The Balaban J connectivity index is 1.20. The van der Waals surface area contributed by atoms with E-state index >= 15 is 0 Å². The molecule has 0 spiro atoms. The maximum Gasteiger partial charge on any atom is 0.251 e. The summed E-state index contributed by atoms with van der Waals surface area (Å²) in [5.41, 5.74) is 1.84. The minimum atomic E-state index is -3.52. The van der Waals surface area contributed by atoms with Gasteiger partial charge in [-0.05, 0) is 67.3 Å². The van der Waals surface area contributed by atoms with Crippen LogP contribution in [0.15, 0.2) is 53.4 Å². The summed E-state index contributed by atoms with van der Waals surface area (Å²) in [6.45, 7) is 7.67. The lowest BCUT2D eigenvalue weighted by molar-refractivity contribution is 0.0730. The van der Waals surface area contributed by atoms with Gasteiger partial charge in [-0.25, -0.2) is 8.42 Å². The molecule has 4 rings (SSSR count). The highest BCUT2D eigenvalue weighted by Gasteiger charge is 2.26. The van der Waals surface area contributed by atoms with Gasteiger partial charge < -0.3 is 14.8 Å². The topological polar surface area (TPSA) is 88.2 Å². The van der Waals surface area contributed by atoms with Gasteiger partial charge in [-0.3, -0.25) is 9.69 Å². The van der Waals surface area contributed by atoms with Crippen molar-refractivity contribution in [3.05, 3.63) is 59.7 Å². The van der Waals surface area contributed by atoms with Gasteiger partial charge in [-0.15, -0.1) is 0 Å². The summed E-state index contributed by atoms with van der Waals surface area (Å²) in [7, 11) is -3.52. The zero-order chi connectivity index (χ0) is 24.7. The molecule has 1 atom stereocenters. The molecular weight excluding hydrogens is 466 g/mol. The van der Waals surface area contributed by atoms with Crippen LogP contribution in [0, 0.1) is 5.92 Å². The highest BCUT2D eigenvalue weighted by Crippen LogP contribution is 2.21. The van der Waals surface area contributed by atoms with Crippen molar-refractivity contribution in [3.63, 3.8) is 0 Å². The minimum absolute atomic E-state index is 0.140. The predicted octanol–water partition coefficient (Wildman–Crippen LogP) is 2.75. The third-order valence-corrected chi connectivity index (χ3v) is 8.36. The first kappa shape index (κ1) is 25.6. The number of hydrogen-bond acceptors (Lipinski definition) is 6. The van der Waals surface area contributed by atoms with Gasteiger partial charge in [-0.2, -0.15) is 4.31 Å². The zero-order valence-corrected chi connectivity index (χ0v) is 21.1. The Morgan fingerprint density at radius 3 is 2.46 bits per heavy atom. The smallest absolute Gasteiger partial charge is 0.251 e. The normalized spacial score (nSPS) is 19.9. The molecule has 0 saturated carbocycles. The maximum absolute atomic E-state index is 12.7. The van der Waals surface area contributed by atoms with Crippen LogP contribution in [-0.4, -0.2) is 76.1 Å². The zero-order valence-electron chi connectivity index (χ0n) is 20.3. The number of carbonyl (C=O) groups excluding carboxylic acids is 1. The van der Waals surface area contributed by atoms with E-state index in [2.05, 4.69) is 17.1 Å². The molecule has 0 bridgehead atoms. The van der Waals surface area contributed by atoms with E-state index in [0.29, 0.717) is 44.2 Å². The molecule has 2 aliphatic rings. The first-order valence-corrected chi connectivity index (χ1v) is 13.8. The van der Waals surface area contributed by atoms with Crippen molar-refractivity contribution in [2.24, 2.45) is 5.92 Å². The summed E-state index contributed by atoms with van der Waals surface area (Å²) in [4.78, 5) is 15.2. The number of hydrogen-bond donors (Lipinski definition) is 1. The number of morpholine rings is 1. The van der Waals surface area contributed by atoms with E-state index < -0.39 is 10.0 Å². The van der Waals surface area contributed by atoms with E-state index in [0.717, 1.165) is 25.6 Å². The number of sulfonamides is 1. The number of nitrogens with zero attached hydrogens (tertiary/aromatic N) is 2. The summed E-state index contributed by atoms with van der Waals surface area (Å²) in [5, 5.41) is 2.87. The van der Waals surface area contributed by atoms with Crippen molar-refractivity contribution in [3.8, 4) is 5.75 Å². The fourth-order valence-corrected chi connectivity index (χ4v) is 5.94. The third-order valence-electron chi connectivity index (χ3n) is 6.45. The minimum Gasteiger partial charge on any atom is -0.492 e. The first-order valence-electron chi connectivity index (χ1n) is 12.3. The second kappa shape index (κ2) is 12.0. The second-order valence-electron chi connectivity index (χ2n) is 9.27. The molecule has 2 aliphatic heterocycles. The van der Waals surface area contributed by atoms with Crippen molar-refractivity contribution >= 4 is 15.9 Å². The predicted molar refractivity (Wildman–Crippen MR) is 134 cm³/mol. The number of rotatable bonds is 9. The molecular formula is C26H35N3O5S. The number of ether oxygens (including phenoxy) is 2. The average molecular weight is 502 g/mol. The van der Waals surface area contributed by atoms with E-state index in [1.54, 1.807) is 24.3 Å². The number of amides is 1. The van der Waals surface area contributed by atoms with Crippen LogP contribution in [0.4, 0.5) is 0 Å². The molecule has 35 heavy (non-hydrogen) atoms. The Bertz CT molecular complexity index is 1070. The number of carbonyl (C=O) groups is 1. The van der Waals surface area contributed by atoms with Gasteiger partial charge in [-0.1, -0.05) is 19.1 Å². The molecule has 0 unspecified atom stereocenters. The average Bonchev–Trinajstić information content (AvgIpc) is 2.88. The molecule has 2 fully saturated rings. The Labute approximate surface area is 208 Å². The van der Waals surface area contributed by atoms with Crippen LogP contribution in [0.5, 0.6) is 5.75 Å². The Kier molecular flexibility index (Phi) is 8.78. The van der Waals surface area contributed by atoms with E-state index in [4.69, 9.17) is 9.47 Å². The Morgan fingerprint density at radius 2 is 1.77 bits per heavy atom. The molecule has 0 aliphatic carbocycles. The number of likely N-dealkylation sites (tertiary alicyclic amines) is 1. The van der Waals surface area contributed by atoms with Crippen LogP contribution in [-0.2, 0) is 21.3 Å². The van der Waals surface area contributed by atoms with E-state index in [1.807, 2.05) is 24.3 Å². The lowest BCUT2D eigenvalue weighted by atomic mass is 9.99. The van der Waals surface area contributed by atoms with Crippen LogP contribution in [0.1, 0.15) is 35.7 Å². The molecule has 1 amide bonds. The Hall–Kier alpha value is -2.46. The van der Waals surface area contributed by atoms with Gasteiger partial charge in [0, 0.05) is 31.7 Å². The van der Waals surface area contributed by atoms with Gasteiger partial charge in [0.2, 0.25) is 10.0 Å². The van der Waals surface area contributed by atoms with Gasteiger partial charge in [0.1, 0.15) is 12.4 Å². The number of nitrogens with one attached hydrogen (secondary N) is 1. The van der Waals surface area contributed by atoms with Crippen LogP contribution in [0.25, 0.3) is 0 Å². The summed E-state index contributed by atoms with van der Waals surface area (Å²) in [5.74, 6) is 1.16. The van der Waals surface area contributed by atoms with Crippen molar-refractivity contribution in [1.29, 1.82) is 0 Å². The molecule has 2 aromatic rings. The van der Waals surface area contributed by atoms with Gasteiger partial charge >= 0.3 is 0 Å². The molecule has 2 heterocycles. The highest BCUT2D eigenvalue weighted by molar-refractivity contribution is 7.89. The van der Waals surface area contributed by atoms with Crippen LogP contribution in [0.2, 0.25) is 0 Å². The monoisotopic (exact) mass is 501 g/mol. The van der Waals surface area contributed by atoms with E-state index in [9.17, 15) is 13.2 Å². The van der Waals surface area contributed by atoms with Crippen molar-refractivity contribution in [2.45, 2.75) is 31.2 Å². The molecule has 2 saturated heterocycles. The second-order valence-corrected chi connectivity index (χ2v) is 11.2. The molecule has 8 nitrogen and oxygen atoms in total. The quantitative estimate of drug-likeness (QED) is 0.532. The highest BCUT2D eigenvalue weighted by atomic mass is 32.2. The lowest BCUT2D eigenvalue weighted by Gasteiger charge is -2.30. The maximum atomic E-state index is 12.7. The summed E-state index contributed by atoms with van der Waals surface area (Å²) in [6.07, 6.45) is 2.56. The lowest BCUT2D eigenvalue weighted by Crippen LogP contribution is -2.40. The Morgan fingerprint density at radius 1 is 1.06 bits per heavy atom. The fourth-order valence-electron chi connectivity index (χ4n) is 4.53. The van der Waals surface area contributed by atoms with Gasteiger partial charge in [0.15, 0.2) is 0 Å². The van der Waals surface area contributed by atoms with Crippen molar-refractivity contribution < 1.29 is 22.7 Å². The van der Waals surface area contributed by atoms with Gasteiger partial charge in [0.05, 0.1) is 24.7 Å². The fraction of sp³-hybridized carbons (Fsp3) is 0.500. The molecule has 1 N–H and O–H groups in total. The summed E-state index contributed by atoms with van der Waals surface area (Å²) >= 11 is 0. The van der Waals surface area contributed by atoms with Crippen LogP contribution >= 0.6 is 0 Å². The van der Waals surface area contributed by atoms with E-state index in [1.165, 1.54) is 22.7 Å². The number of piperidine rings is 1. The van der Waals surface area contributed by atoms with Crippen molar-refractivity contribution in [2.75, 3.05) is 52.5 Å². The summed E-state index contributed by atoms with van der Waals surface area (Å²) in [6, 6.07) is 14.1. The molecule has 0 aromatic heterocycles.